The van der Waals surface area contributed by atoms with Gasteiger partial charge in [-0.2, -0.15) is 4.31 Å². The predicted octanol–water partition coefficient (Wildman–Crippen LogP) is 0.319. The third-order valence-corrected chi connectivity index (χ3v) is 8.60. The molecule has 1 saturated heterocycles. The van der Waals surface area contributed by atoms with Crippen molar-refractivity contribution >= 4 is 51.7 Å². The summed E-state index contributed by atoms with van der Waals surface area (Å²) >= 11 is 6.41. The maximum atomic E-state index is 13.0. The molecule has 1 aromatic rings. The minimum Gasteiger partial charge on any atom is -0.390 e. The summed E-state index contributed by atoms with van der Waals surface area (Å²) in [4.78, 5) is -0.0168. The summed E-state index contributed by atoms with van der Waals surface area (Å²) in [5.41, 5.74) is 5.49. The highest BCUT2D eigenvalue weighted by Gasteiger charge is 2.44. The molecule has 1 aliphatic rings. The fourth-order valence-corrected chi connectivity index (χ4v) is 7.51. The summed E-state index contributed by atoms with van der Waals surface area (Å²) in [5, 5.41) is 10.0. The molecule has 1 fully saturated rings. The molecule has 0 aliphatic carbocycles. The molecule has 0 spiro atoms. The number of nitrogens with two attached hydrogens (primary N) is 1. The largest absolute Gasteiger partial charge is 0.390 e. The lowest BCUT2D eigenvalue weighted by molar-refractivity contribution is 0.129. The lowest BCUT2D eigenvalue weighted by Gasteiger charge is -2.29. The topological polar surface area (TPSA) is 118 Å². The number of hydrogen-bond donors (Lipinski definition) is 2. The van der Waals surface area contributed by atoms with E-state index in [9.17, 15) is 21.9 Å². The monoisotopic (exact) mass is 490 g/mol. The number of benzene rings is 1. The van der Waals surface area contributed by atoms with Gasteiger partial charge in [0.2, 0.25) is 10.0 Å². The van der Waals surface area contributed by atoms with E-state index in [4.69, 9.17) is 5.73 Å². The second-order valence-corrected chi connectivity index (χ2v) is 11.0. The Labute approximate surface area is 152 Å². The first kappa shape index (κ1) is 19.3. The number of aliphatic hydroxyl groups is 1. The van der Waals surface area contributed by atoms with Crippen LogP contribution >= 0.6 is 31.9 Å². The van der Waals surface area contributed by atoms with E-state index in [2.05, 4.69) is 31.9 Å². The van der Waals surface area contributed by atoms with E-state index in [1.165, 1.54) is 6.07 Å². The molecule has 7 nitrogen and oxygen atoms in total. The first-order chi connectivity index (χ1) is 10.6. The Hall–Kier alpha value is -0.0400. The number of nitrogens with zero attached hydrogens (tertiary/aromatic N) is 1. The lowest BCUT2D eigenvalue weighted by Crippen LogP contribution is -2.48. The van der Waals surface area contributed by atoms with Crippen molar-refractivity contribution in [1.29, 1.82) is 0 Å². The van der Waals surface area contributed by atoms with Crippen molar-refractivity contribution in [1.82, 2.24) is 4.31 Å². The summed E-state index contributed by atoms with van der Waals surface area (Å²) in [5.74, 6) is -0.868. The van der Waals surface area contributed by atoms with E-state index in [1.807, 2.05) is 0 Å². The van der Waals surface area contributed by atoms with Gasteiger partial charge in [0.15, 0.2) is 9.84 Å². The smallest absolute Gasteiger partial charge is 0.244 e. The van der Waals surface area contributed by atoms with Crippen LogP contribution in [0.5, 0.6) is 0 Å². The van der Waals surface area contributed by atoms with Crippen molar-refractivity contribution in [3.63, 3.8) is 0 Å². The van der Waals surface area contributed by atoms with Gasteiger partial charge in [-0.1, -0.05) is 15.9 Å². The van der Waals surface area contributed by atoms with Gasteiger partial charge in [0.1, 0.15) is 0 Å². The standard InChI is InChI=1S/C12H16Br2N2O5S2/c13-8-1-2-9(14)12(5-8)23(20,21)16(4-3-15)10-6-22(18,19)7-11(10)17/h1-2,5,10-11,17H,3-4,6-7,15H2/t10-,11+/m0/s1. The fraction of sp³-hybridized carbons (Fsp3) is 0.500. The average molecular weight is 492 g/mol. The fourth-order valence-electron chi connectivity index (χ4n) is 2.48. The molecular weight excluding hydrogens is 476 g/mol. The second kappa shape index (κ2) is 7.06. The van der Waals surface area contributed by atoms with Crippen LogP contribution in [0.3, 0.4) is 0 Å². The molecule has 130 valence electrons. The minimum atomic E-state index is -4.03. The summed E-state index contributed by atoms with van der Waals surface area (Å²) in [6, 6.07) is 3.61. The molecule has 1 heterocycles. The van der Waals surface area contributed by atoms with Gasteiger partial charge >= 0.3 is 0 Å². The van der Waals surface area contributed by atoms with Crippen LogP contribution in [0, 0.1) is 0 Å². The van der Waals surface area contributed by atoms with Crippen molar-refractivity contribution < 1.29 is 21.9 Å². The third kappa shape index (κ3) is 4.14. The van der Waals surface area contributed by atoms with E-state index in [0.717, 1.165) is 4.31 Å². The third-order valence-electron chi connectivity index (χ3n) is 3.49. The van der Waals surface area contributed by atoms with Crippen molar-refractivity contribution in [2.75, 3.05) is 24.6 Å². The molecule has 0 saturated carbocycles. The Morgan fingerprint density at radius 1 is 1.30 bits per heavy atom. The van der Waals surface area contributed by atoms with Crippen LogP contribution in [0.25, 0.3) is 0 Å². The number of hydrogen-bond acceptors (Lipinski definition) is 6. The molecule has 11 heteroatoms. The van der Waals surface area contributed by atoms with E-state index < -0.39 is 43.5 Å². The zero-order valence-electron chi connectivity index (χ0n) is 11.9. The molecule has 1 aliphatic heterocycles. The van der Waals surface area contributed by atoms with Crippen LogP contribution in [-0.2, 0) is 19.9 Å². The molecule has 0 unspecified atom stereocenters. The molecule has 2 atom stereocenters. The first-order valence-electron chi connectivity index (χ1n) is 6.64. The highest BCUT2D eigenvalue weighted by atomic mass is 79.9. The van der Waals surface area contributed by atoms with Crippen molar-refractivity contribution in [2.45, 2.75) is 17.0 Å². The summed E-state index contributed by atoms with van der Waals surface area (Å²) in [6.45, 7) is -0.0767. The average Bonchev–Trinajstić information content (AvgIpc) is 2.71. The Balaban J connectivity index is 2.50. The SMILES string of the molecule is NCCN([C@H]1CS(=O)(=O)C[C@H]1O)S(=O)(=O)c1cc(Br)ccc1Br. The number of sulfone groups is 1. The van der Waals surface area contributed by atoms with E-state index in [0.29, 0.717) is 8.95 Å². The van der Waals surface area contributed by atoms with Gasteiger partial charge in [-0.15, -0.1) is 0 Å². The zero-order chi connectivity index (χ0) is 17.4. The van der Waals surface area contributed by atoms with Crippen molar-refractivity contribution in [2.24, 2.45) is 5.73 Å². The Morgan fingerprint density at radius 2 is 1.96 bits per heavy atom. The maximum Gasteiger partial charge on any atom is 0.244 e. The lowest BCUT2D eigenvalue weighted by atomic mass is 10.2. The van der Waals surface area contributed by atoms with Gasteiger partial charge < -0.3 is 10.8 Å². The van der Waals surface area contributed by atoms with Gasteiger partial charge in [0.25, 0.3) is 0 Å². The molecule has 0 aromatic heterocycles. The van der Waals surface area contributed by atoms with Gasteiger partial charge in [-0.05, 0) is 34.1 Å². The molecule has 0 bridgehead atoms. The van der Waals surface area contributed by atoms with Gasteiger partial charge in [0, 0.05) is 22.0 Å². The van der Waals surface area contributed by atoms with Gasteiger partial charge in [-0.3, -0.25) is 0 Å². The summed E-state index contributed by atoms with van der Waals surface area (Å²) in [7, 11) is -7.52. The van der Waals surface area contributed by atoms with E-state index in [-0.39, 0.29) is 18.0 Å². The van der Waals surface area contributed by atoms with E-state index in [1.54, 1.807) is 12.1 Å². The highest BCUT2D eigenvalue weighted by Crippen LogP contribution is 2.31. The molecule has 1 aromatic carbocycles. The Morgan fingerprint density at radius 3 is 2.48 bits per heavy atom. The second-order valence-electron chi connectivity index (χ2n) is 5.19. The molecular formula is C12H16Br2N2O5S2. The number of sulfonamides is 1. The Kier molecular flexibility index (Phi) is 5.92. The molecule has 23 heavy (non-hydrogen) atoms. The van der Waals surface area contributed by atoms with Crippen LogP contribution in [0.15, 0.2) is 32.0 Å². The van der Waals surface area contributed by atoms with Crippen LogP contribution in [0.1, 0.15) is 0 Å². The Bertz CT molecular complexity index is 798. The normalized spacial score (nSPS) is 24.2. The first-order valence-corrected chi connectivity index (χ1v) is 11.5. The van der Waals surface area contributed by atoms with Gasteiger partial charge in [0.05, 0.1) is 28.5 Å². The van der Waals surface area contributed by atoms with Crippen molar-refractivity contribution in [3.8, 4) is 0 Å². The van der Waals surface area contributed by atoms with Crippen LogP contribution in [0.2, 0.25) is 0 Å². The molecule has 0 amide bonds. The van der Waals surface area contributed by atoms with Crippen LogP contribution in [-0.4, -0.2) is 63.0 Å². The zero-order valence-corrected chi connectivity index (χ0v) is 16.7. The van der Waals surface area contributed by atoms with Crippen LogP contribution < -0.4 is 5.73 Å². The highest BCUT2D eigenvalue weighted by molar-refractivity contribution is 9.11. The summed E-state index contributed by atoms with van der Waals surface area (Å²) in [6.07, 6.45) is -1.27. The van der Waals surface area contributed by atoms with Crippen molar-refractivity contribution in [3.05, 3.63) is 27.1 Å². The minimum absolute atomic E-state index is 0.00806. The summed E-state index contributed by atoms with van der Waals surface area (Å²) < 4.78 is 51.2. The predicted molar refractivity (Wildman–Crippen MR) is 93.2 cm³/mol. The molecule has 3 N–H and O–H groups in total. The quantitative estimate of drug-likeness (QED) is 0.612. The molecule has 2 rings (SSSR count). The number of rotatable bonds is 5. The van der Waals surface area contributed by atoms with Gasteiger partial charge in [-0.25, -0.2) is 16.8 Å². The molecule has 0 radical (unpaired) electrons. The number of aliphatic hydroxyl groups excluding tert-OH is 1. The van der Waals surface area contributed by atoms with E-state index >= 15 is 0 Å². The maximum absolute atomic E-state index is 13.0. The van der Waals surface area contributed by atoms with Crippen LogP contribution in [0.4, 0.5) is 0 Å². The number of halogens is 2.